The second-order valence-corrected chi connectivity index (χ2v) is 3.64. The van der Waals surface area contributed by atoms with Crippen molar-refractivity contribution in [3.63, 3.8) is 0 Å². The number of hydrogen-bond acceptors (Lipinski definition) is 4. The zero-order valence-electron chi connectivity index (χ0n) is 9.43. The van der Waals surface area contributed by atoms with Gasteiger partial charge in [0.2, 0.25) is 0 Å². The van der Waals surface area contributed by atoms with Gasteiger partial charge in [-0.25, -0.2) is 14.8 Å². The number of aromatic amines is 1. The molecule has 0 saturated carbocycles. The van der Waals surface area contributed by atoms with Gasteiger partial charge in [0.1, 0.15) is 12.4 Å². The first-order chi connectivity index (χ1) is 8.20. The summed E-state index contributed by atoms with van der Waals surface area (Å²) in [6, 6.07) is 1.51. The van der Waals surface area contributed by atoms with Crippen molar-refractivity contribution < 1.29 is 14.6 Å². The summed E-state index contributed by atoms with van der Waals surface area (Å²) in [7, 11) is 0. The van der Waals surface area contributed by atoms with Gasteiger partial charge in [0.25, 0.3) is 0 Å². The molecule has 2 aromatic rings. The van der Waals surface area contributed by atoms with Gasteiger partial charge < -0.3 is 14.8 Å². The molecule has 0 bridgehead atoms. The van der Waals surface area contributed by atoms with Crippen LogP contribution in [0.25, 0.3) is 11.2 Å². The second kappa shape index (κ2) is 4.92. The first kappa shape index (κ1) is 11.5. The van der Waals surface area contributed by atoms with Gasteiger partial charge >= 0.3 is 5.97 Å². The Bertz CT molecular complexity index is 536. The molecule has 0 spiro atoms. The quantitative estimate of drug-likeness (QED) is 0.768. The van der Waals surface area contributed by atoms with Gasteiger partial charge in [0, 0.05) is 12.8 Å². The molecular formula is C11H13N3O3. The molecule has 2 aromatic heterocycles. The molecule has 6 heteroatoms. The minimum absolute atomic E-state index is 0.141. The molecule has 0 saturated heterocycles. The number of rotatable bonds is 5. The van der Waals surface area contributed by atoms with Gasteiger partial charge in [-0.1, -0.05) is 6.92 Å². The molecule has 0 aliphatic carbocycles. The highest BCUT2D eigenvalue weighted by Crippen LogP contribution is 2.11. The number of H-pyrrole nitrogens is 1. The van der Waals surface area contributed by atoms with E-state index in [-0.39, 0.29) is 5.56 Å². The molecule has 0 fully saturated rings. The molecule has 0 aliphatic rings. The van der Waals surface area contributed by atoms with E-state index in [0.717, 1.165) is 6.42 Å². The summed E-state index contributed by atoms with van der Waals surface area (Å²) < 4.78 is 5.34. The highest BCUT2D eigenvalue weighted by atomic mass is 16.5. The van der Waals surface area contributed by atoms with Crippen LogP contribution in [-0.2, 0) is 11.3 Å². The SMILES string of the molecule is CCCOCc1nc2ncc(C(=O)O)cc2[nH]1. The maximum absolute atomic E-state index is 10.8. The van der Waals surface area contributed by atoms with Gasteiger partial charge in [0.05, 0.1) is 11.1 Å². The number of ether oxygens (including phenoxy) is 1. The van der Waals surface area contributed by atoms with Crippen molar-refractivity contribution in [1.82, 2.24) is 15.0 Å². The van der Waals surface area contributed by atoms with Crippen molar-refractivity contribution in [2.75, 3.05) is 6.61 Å². The van der Waals surface area contributed by atoms with Gasteiger partial charge in [-0.05, 0) is 12.5 Å². The average molecular weight is 235 g/mol. The number of aromatic nitrogens is 3. The lowest BCUT2D eigenvalue weighted by Gasteiger charge is -1.97. The van der Waals surface area contributed by atoms with E-state index in [2.05, 4.69) is 15.0 Å². The predicted octanol–water partition coefficient (Wildman–Crippen LogP) is 1.58. The van der Waals surface area contributed by atoms with Crippen molar-refractivity contribution in [2.24, 2.45) is 0 Å². The summed E-state index contributed by atoms with van der Waals surface area (Å²) in [5, 5.41) is 8.83. The van der Waals surface area contributed by atoms with Crippen LogP contribution >= 0.6 is 0 Å². The molecule has 2 heterocycles. The van der Waals surface area contributed by atoms with Crippen LogP contribution in [0.4, 0.5) is 0 Å². The smallest absolute Gasteiger partial charge is 0.337 e. The van der Waals surface area contributed by atoms with Crippen molar-refractivity contribution in [3.8, 4) is 0 Å². The van der Waals surface area contributed by atoms with Crippen molar-refractivity contribution >= 4 is 17.1 Å². The Morgan fingerprint density at radius 3 is 3.12 bits per heavy atom. The third-order valence-electron chi connectivity index (χ3n) is 2.22. The molecule has 2 N–H and O–H groups in total. The number of imidazole rings is 1. The van der Waals surface area contributed by atoms with Crippen LogP contribution < -0.4 is 0 Å². The number of carboxylic acid groups (broad SMARTS) is 1. The lowest BCUT2D eigenvalue weighted by atomic mass is 10.3. The molecule has 6 nitrogen and oxygen atoms in total. The van der Waals surface area contributed by atoms with Crippen molar-refractivity contribution in [2.45, 2.75) is 20.0 Å². The second-order valence-electron chi connectivity index (χ2n) is 3.64. The minimum Gasteiger partial charge on any atom is -0.478 e. The molecule has 0 aromatic carbocycles. The van der Waals surface area contributed by atoms with Crippen LogP contribution in [0.5, 0.6) is 0 Å². The minimum atomic E-state index is -1.00. The van der Waals surface area contributed by atoms with E-state index in [4.69, 9.17) is 9.84 Å². The molecule has 90 valence electrons. The first-order valence-electron chi connectivity index (χ1n) is 5.36. The van der Waals surface area contributed by atoms with Gasteiger partial charge in [0.15, 0.2) is 5.65 Å². The van der Waals surface area contributed by atoms with Gasteiger partial charge in [-0.15, -0.1) is 0 Å². The molecule has 0 amide bonds. The number of pyridine rings is 1. The molecule has 0 atom stereocenters. The molecule has 0 unspecified atom stereocenters. The number of hydrogen-bond donors (Lipinski definition) is 2. The van der Waals surface area contributed by atoms with Crippen LogP contribution in [0.15, 0.2) is 12.3 Å². The fourth-order valence-electron chi connectivity index (χ4n) is 1.45. The Balaban J connectivity index is 2.21. The summed E-state index contributed by atoms with van der Waals surface area (Å²) in [6.45, 7) is 3.08. The van der Waals surface area contributed by atoms with Crippen LogP contribution in [-0.4, -0.2) is 32.6 Å². The van der Waals surface area contributed by atoms with Gasteiger partial charge in [-0.3, -0.25) is 0 Å². The van der Waals surface area contributed by atoms with Crippen LogP contribution in [0, 0.1) is 0 Å². The molecule has 17 heavy (non-hydrogen) atoms. The maximum atomic E-state index is 10.8. The number of nitrogens with one attached hydrogen (secondary N) is 1. The number of nitrogens with zero attached hydrogens (tertiary/aromatic N) is 2. The normalized spacial score (nSPS) is 10.9. The Hall–Kier alpha value is -1.95. The van der Waals surface area contributed by atoms with E-state index in [1.54, 1.807) is 0 Å². The van der Waals surface area contributed by atoms with E-state index >= 15 is 0 Å². The summed E-state index contributed by atoms with van der Waals surface area (Å²) >= 11 is 0. The van der Waals surface area contributed by atoms with Crippen molar-refractivity contribution in [1.29, 1.82) is 0 Å². The number of aromatic carboxylic acids is 1. The number of carboxylic acids is 1. The number of carbonyl (C=O) groups is 1. The Morgan fingerprint density at radius 2 is 2.41 bits per heavy atom. The van der Waals surface area contributed by atoms with E-state index in [9.17, 15) is 4.79 Å². The van der Waals surface area contributed by atoms with Crippen LogP contribution in [0.1, 0.15) is 29.5 Å². The molecule has 0 radical (unpaired) electrons. The third kappa shape index (κ3) is 2.59. The third-order valence-corrected chi connectivity index (χ3v) is 2.22. The van der Waals surface area contributed by atoms with Crippen molar-refractivity contribution in [3.05, 3.63) is 23.7 Å². The largest absolute Gasteiger partial charge is 0.478 e. The van der Waals surface area contributed by atoms with E-state index in [0.29, 0.717) is 30.2 Å². The zero-order chi connectivity index (χ0) is 12.3. The van der Waals surface area contributed by atoms with E-state index in [1.165, 1.54) is 12.3 Å². The standard InChI is InChI=1S/C11H13N3O3/c1-2-3-17-6-9-13-8-4-7(11(15)16)5-12-10(8)14-9/h4-5H,2-3,6H2,1H3,(H,15,16)(H,12,13,14). The average Bonchev–Trinajstić information content (AvgIpc) is 2.70. The summed E-state index contributed by atoms with van der Waals surface area (Å²) in [4.78, 5) is 21.9. The molecule has 0 aliphatic heterocycles. The summed E-state index contributed by atoms with van der Waals surface area (Å²) in [6.07, 6.45) is 2.24. The highest BCUT2D eigenvalue weighted by Gasteiger charge is 2.08. The summed E-state index contributed by atoms with van der Waals surface area (Å²) in [5.41, 5.74) is 1.26. The monoisotopic (exact) mass is 235 g/mol. The fourth-order valence-corrected chi connectivity index (χ4v) is 1.45. The van der Waals surface area contributed by atoms with E-state index < -0.39 is 5.97 Å². The molecular weight excluding hydrogens is 222 g/mol. The first-order valence-corrected chi connectivity index (χ1v) is 5.36. The topological polar surface area (TPSA) is 88.1 Å². The predicted molar refractivity (Wildman–Crippen MR) is 60.8 cm³/mol. The zero-order valence-corrected chi connectivity index (χ0v) is 9.43. The van der Waals surface area contributed by atoms with E-state index in [1.807, 2.05) is 6.92 Å². The molecule has 2 rings (SSSR count). The lowest BCUT2D eigenvalue weighted by molar-refractivity contribution is 0.0696. The van der Waals surface area contributed by atoms with Gasteiger partial charge in [-0.2, -0.15) is 0 Å². The maximum Gasteiger partial charge on any atom is 0.337 e. The Morgan fingerprint density at radius 1 is 1.59 bits per heavy atom. The number of fused-ring (bicyclic) bond motifs is 1. The Labute approximate surface area is 97.7 Å². The van der Waals surface area contributed by atoms with Crippen LogP contribution in [0.3, 0.4) is 0 Å². The van der Waals surface area contributed by atoms with Crippen LogP contribution in [0.2, 0.25) is 0 Å². The fraction of sp³-hybridized carbons (Fsp3) is 0.364. The lowest BCUT2D eigenvalue weighted by Crippen LogP contribution is -1.96. The highest BCUT2D eigenvalue weighted by molar-refractivity contribution is 5.90. The Kier molecular flexibility index (Phi) is 3.34. The summed E-state index contributed by atoms with van der Waals surface area (Å²) in [5.74, 6) is -0.346.